The number of nitrogens with two attached hydrogens (primary N) is 1. The Morgan fingerprint density at radius 2 is 1.69 bits per heavy atom. The second-order valence-corrected chi connectivity index (χ2v) is 4.38. The van der Waals surface area contributed by atoms with Gasteiger partial charge in [-0.25, -0.2) is 10.8 Å². The summed E-state index contributed by atoms with van der Waals surface area (Å²) < 4.78 is 0. The highest BCUT2D eigenvalue weighted by Crippen LogP contribution is 2.01. The Kier molecular flexibility index (Phi) is 9.00. The molecule has 0 aromatic heterocycles. The second kappa shape index (κ2) is 9.46. The minimum Gasteiger partial charge on any atom is -0.342 e. The molecule has 0 fully saturated rings. The van der Waals surface area contributed by atoms with Crippen LogP contribution >= 0.6 is 0 Å². The summed E-state index contributed by atoms with van der Waals surface area (Å²) in [5.41, 5.74) is 2.73. The molecular weight excluding hydrogens is 200 g/mol. The minimum atomic E-state index is 0.275. The predicted molar refractivity (Wildman–Crippen MR) is 71.3 cm³/mol. The van der Waals surface area contributed by atoms with E-state index in [9.17, 15) is 0 Å². The summed E-state index contributed by atoms with van der Waals surface area (Å²) in [7, 11) is 0. The molecule has 0 unspecified atom stereocenters. The van der Waals surface area contributed by atoms with Crippen LogP contribution in [-0.2, 0) is 0 Å². The molecule has 0 amide bonds. The van der Waals surface area contributed by atoms with Gasteiger partial charge in [0.2, 0.25) is 5.96 Å². The highest BCUT2D eigenvalue weighted by atomic mass is 15.4. The molecule has 0 saturated carbocycles. The molecule has 16 heavy (non-hydrogen) atoms. The van der Waals surface area contributed by atoms with Crippen molar-refractivity contribution >= 4 is 5.96 Å². The summed E-state index contributed by atoms with van der Waals surface area (Å²) in [5, 5.41) is 0. The van der Waals surface area contributed by atoms with Crippen molar-refractivity contribution in [2.24, 2.45) is 10.8 Å². The molecule has 0 rings (SSSR count). The molecule has 3 N–H and O–H groups in total. The molecule has 0 saturated heterocycles. The molecule has 0 bridgehead atoms. The van der Waals surface area contributed by atoms with Gasteiger partial charge in [0.25, 0.3) is 0 Å². The predicted octanol–water partition coefficient (Wildman–Crippen LogP) is 2.12. The number of hydrogen-bond donors (Lipinski definition) is 2. The van der Waals surface area contributed by atoms with Gasteiger partial charge in [-0.2, -0.15) is 0 Å². The lowest BCUT2D eigenvalue weighted by Gasteiger charge is -2.26. The monoisotopic (exact) mass is 228 g/mol. The quantitative estimate of drug-likeness (QED) is 0.304. The zero-order valence-corrected chi connectivity index (χ0v) is 11.3. The maximum atomic E-state index is 5.54. The molecule has 0 aliphatic carbocycles. The van der Waals surface area contributed by atoms with Crippen molar-refractivity contribution in [3.8, 4) is 0 Å². The first-order valence-corrected chi connectivity index (χ1v) is 6.45. The molecule has 0 heterocycles. The van der Waals surface area contributed by atoms with E-state index in [1.165, 1.54) is 25.7 Å². The van der Waals surface area contributed by atoms with Crippen molar-refractivity contribution in [1.29, 1.82) is 0 Å². The molecule has 0 aliphatic heterocycles. The van der Waals surface area contributed by atoms with Crippen molar-refractivity contribution < 1.29 is 0 Å². The van der Waals surface area contributed by atoms with Crippen LogP contribution in [0.5, 0.6) is 0 Å². The zero-order chi connectivity index (χ0) is 12.4. The number of guanidine groups is 1. The Hall–Kier alpha value is -0.770. The number of rotatable bonds is 7. The van der Waals surface area contributed by atoms with E-state index in [1.807, 2.05) is 0 Å². The summed E-state index contributed by atoms with van der Waals surface area (Å²) in [4.78, 5) is 6.76. The molecule has 4 heteroatoms. The molecule has 0 aromatic rings. The molecule has 0 atom stereocenters. The first-order chi connectivity index (χ1) is 7.65. The van der Waals surface area contributed by atoms with Crippen LogP contribution in [0.15, 0.2) is 4.99 Å². The number of nitrogens with zero attached hydrogens (tertiary/aromatic N) is 2. The molecule has 96 valence electrons. The van der Waals surface area contributed by atoms with E-state index in [2.05, 4.69) is 43.0 Å². The highest BCUT2D eigenvalue weighted by molar-refractivity contribution is 5.79. The lowest BCUT2D eigenvalue weighted by Crippen LogP contribution is -2.46. The number of aliphatic imine (C=N–C) groups is 1. The van der Waals surface area contributed by atoms with E-state index >= 15 is 0 Å². The summed E-state index contributed by atoms with van der Waals surface area (Å²) in [6, 6.07) is 0.275. The molecule has 0 radical (unpaired) electrons. The maximum absolute atomic E-state index is 5.54. The Labute approximate surface area is 100 Å². The third kappa shape index (κ3) is 6.67. The Bertz CT molecular complexity index is 181. The second-order valence-electron chi connectivity index (χ2n) is 4.38. The summed E-state index contributed by atoms with van der Waals surface area (Å²) in [6.07, 6.45) is 4.76. The first-order valence-electron chi connectivity index (χ1n) is 6.45. The molecule has 0 aromatic carbocycles. The maximum Gasteiger partial charge on any atom is 0.208 e. The van der Waals surface area contributed by atoms with Crippen LogP contribution in [0.1, 0.15) is 53.4 Å². The van der Waals surface area contributed by atoms with Gasteiger partial charge in [-0.3, -0.25) is 5.43 Å². The number of nitrogens with one attached hydrogen (secondary N) is 1. The minimum absolute atomic E-state index is 0.275. The molecule has 0 spiro atoms. The van der Waals surface area contributed by atoms with Gasteiger partial charge in [0.15, 0.2) is 0 Å². The standard InChI is InChI=1S/C12H28N4/c1-5-7-9-16(10-8-6-2)12(15-13)14-11(3)4/h11H,5-10,13H2,1-4H3,(H,14,15). The van der Waals surface area contributed by atoms with Gasteiger partial charge in [0.1, 0.15) is 0 Å². The Morgan fingerprint density at radius 3 is 2.00 bits per heavy atom. The summed E-state index contributed by atoms with van der Waals surface area (Å²) in [5.74, 6) is 6.37. The van der Waals surface area contributed by atoms with Gasteiger partial charge >= 0.3 is 0 Å². The van der Waals surface area contributed by atoms with Crippen molar-refractivity contribution in [3.05, 3.63) is 0 Å². The van der Waals surface area contributed by atoms with E-state index in [0.717, 1.165) is 19.0 Å². The zero-order valence-electron chi connectivity index (χ0n) is 11.3. The van der Waals surface area contributed by atoms with E-state index in [4.69, 9.17) is 5.84 Å². The Balaban J connectivity index is 4.42. The fourth-order valence-corrected chi connectivity index (χ4v) is 1.48. The molecular formula is C12H28N4. The lowest BCUT2D eigenvalue weighted by molar-refractivity contribution is 0.382. The van der Waals surface area contributed by atoms with Gasteiger partial charge in [0, 0.05) is 19.1 Å². The van der Waals surface area contributed by atoms with Crippen LogP contribution in [-0.4, -0.2) is 30.0 Å². The van der Waals surface area contributed by atoms with Crippen LogP contribution in [0.3, 0.4) is 0 Å². The van der Waals surface area contributed by atoms with Gasteiger partial charge in [0.05, 0.1) is 0 Å². The third-order valence-electron chi connectivity index (χ3n) is 2.37. The SMILES string of the molecule is CCCCN(CCCC)C(=NC(C)C)NN. The van der Waals surface area contributed by atoms with E-state index in [0.29, 0.717) is 0 Å². The highest BCUT2D eigenvalue weighted by Gasteiger charge is 2.09. The van der Waals surface area contributed by atoms with Gasteiger partial charge < -0.3 is 4.90 Å². The van der Waals surface area contributed by atoms with Crippen LogP contribution in [0, 0.1) is 0 Å². The molecule has 4 nitrogen and oxygen atoms in total. The number of unbranched alkanes of at least 4 members (excludes halogenated alkanes) is 2. The van der Waals surface area contributed by atoms with Crippen molar-refractivity contribution in [2.75, 3.05) is 13.1 Å². The van der Waals surface area contributed by atoms with Crippen molar-refractivity contribution in [3.63, 3.8) is 0 Å². The van der Waals surface area contributed by atoms with Crippen molar-refractivity contribution in [1.82, 2.24) is 10.3 Å². The number of hydrazine groups is 1. The van der Waals surface area contributed by atoms with Crippen LogP contribution in [0.2, 0.25) is 0 Å². The van der Waals surface area contributed by atoms with Crippen LogP contribution in [0.4, 0.5) is 0 Å². The van der Waals surface area contributed by atoms with Gasteiger partial charge in [-0.05, 0) is 26.7 Å². The van der Waals surface area contributed by atoms with Gasteiger partial charge in [-0.15, -0.1) is 0 Å². The lowest BCUT2D eigenvalue weighted by atomic mass is 10.3. The van der Waals surface area contributed by atoms with Crippen LogP contribution in [0.25, 0.3) is 0 Å². The first kappa shape index (κ1) is 15.2. The average Bonchev–Trinajstić information content (AvgIpc) is 2.26. The van der Waals surface area contributed by atoms with E-state index in [1.54, 1.807) is 0 Å². The molecule has 0 aliphatic rings. The normalized spacial score (nSPS) is 12.0. The topological polar surface area (TPSA) is 53.6 Å². The summed E-state index contributed by atoms with van der Waals surface area (Å²) >= 11 is 0. The van der Waals surface area contributed by atoms with Gasteiger partial charge in [-0.1, -0.05) is 26.7 Å². The van der Waals surface area contributed by atoms with Crippen LogP contribution < -0.4 is 11.3 Å². The fraction of sp³-hybridized carbons (Fsp3) is 0.917. The fourth-order valence-electron chi connectivity index (χ4n) is 1.48. The van der Waals surface area contributed by atoms with Crippen molar-refractivity contribution in [2.45, 2.75) is 59.4 Å². The third-order valence-corrected chi connectivity index (χ3v) is 2.37. The largest absolute Gasteiger partial charge is 0.342 e. The summed E-state index contributed by atoms with van der Waals surface area (Å²) in [6.45, 7) is 10.6. The smallest absolute Gasteiger partial charge is 0.208 e. The van der Waals surface area contributed by atoms with E-state index < -0.39 is 0 Å². The Morgan fingerprint density at radius 1 is 1.19 bits per heavy atom. The van der Waals surface area contributed by atoms with E-state index in [-0.39, 0.29) is 6.04 Å². The average molecular weight is 228 g/mol. The number of hydrogen-bond acceptors (Lipinski definition) is 2.